The van der Waals surface area contributed by atoms with Crippen LogP contribution in [-0.4, -0.2) is 18.7 Å². The molecule has 142 valence electrons. The Morgan fingerprint density at radius 2 is 1.68 bits per heavy atom. The zero-order chi connectivity index (χ0) is 19.6. The fourth-order valence-electron chi connectivity index (χ4n) is 2.47. The zero-order valence-corrected chi connectivity index (χ0v) is 15.7. The molecule has 0 aromatic heterocycles. The molecular formula is C23H22N2O3. The third-order valence-electron chi connectivity index (χ3n) is 3.95. The molecule has 3 rings (SSSR count). The lowest BCUT2D eigenvalue weighted by Gasteiger charge is -2.09. The molecule has 3 aromatic carbocycles. The highest BCUT2D eigenvalue weighted by molar-refractivity contribution is 5.91. The summed E-state index contributed by atoms with van der Waals surface area (Å²) in [6.07, 6.45) is 1.54. The van der Waals surface area contributed by atoms with Crippen molar-refractivity contribution in [2.24, 2.45) is 5.16 Å². The highest BCUT2D eigenvalue weighted by Crippen LogP contribution is 2.18. The molecule has 0 fully saturated rings. The maximum Gasteiger partial charge on any atom is 0.265 e. The van der Waals surface area contributed by atoms with Gasteiger partial charge >= 0.3 is 0 Å². The number of para-hydroxylation sites is 2. The molecule has 0 saturated heterocycles. The van der Waals surface area contributed by atoms with E-state index in [1.807, 2.05) is 66.7 Å². The number of carbonyl (C=O) groups is 1. The third kappa shape index (κ3) is 5.99. The molecule has 0 spiro atoms. The van der Waals surface area contributed by atoms with Gasteiger partial charge in [0.25, 0.3) is 5.91 Å². The fourth-order valence-corrected chi connectivity index (χ4v) is 2.47. The van der Waals surface area contributed by atoms with E-state index < -0.39 is 0 Å². The molecule has 1 N–H and O–H groups in total. The second-order valence-electron chi connectivity index (χ2n) is 6.23. The Balaban J connectivity index is 1.51. The summed E-state index contributed by atoms with van der Waals surface area (Å²) < 4.78 is 5.89. The van der Waals surface area contributed by atoms with Crippen LogP contribution in [0.4, 0.5) is 5.69 Å². The minimum atomic E-state index is -0.271. The summed E-state index contributed by atoms with van der Waals surface area (Å²) in [5, 5.41) is 6.62. The number of carbonyl (C=O) groups excluding carboxylic acids is 1. The first-order valence-electron chi connectivity index (χ1n) is 8.98. The van der Waals surface area contributed by atoms with Crippen LogP contribution in [0.25, 0.3) is 0 Å². The summed E-state index contributed by atoms with van der Waals surface area (Å²) in [5.74, 6) is 0.427. The summed E-state index contributed by atoms with van der Waals surface area (Å²) in [5.41, 5.74) is 3.80. The minimum Gasteiger partial charge on any atom is -0.488 e. The van der Waals surface area contributed by atoms with Crippen molar-refractivity contribution in [2.45, 2.75) is 13.5 Å². The molecule has 3 aromatic rings. The number of nitrogens with zero attached hydrogens (tertiary/aromatic N) is 1. The van der Waals surface area contributed by atoms with E-state index in [4.69, 9.17) is 9.57 Å². The lowest BCUT2D eigenvalue weighted by Crippen LogP contribution is -2.16. The summed E-state index contributed by atoms with van der Waals surface area (Å²) in [4.78, 5) is 16.9. The van der Waals surface area contributed by atoms with Gasteiger partial charge in [-0.25, -0.2) is 0 Å². The number of aryl methyl sites for hydroxylation is 1. The average Bonchev–Trinajstić information content (AvgIpc) is 2.72. The number of oxime groups is 1. The van der Waals surface area contributed by atoms with Crippen molar-refractivity contribution in [3.05, 3.63) is 95.6 Å². The largest absolute Gasteiger partial charge is 0.488 e. The Labute approximate surface area is 164 Å². The van der Waals surface area contributed by atoms with Gasteiger partial charge < -0.3 is 14.9 Å². The van der Waals surface area contributed by atoms with Crippen molar-refractivity contribution >= 4 is 17.8 Å². The number of nitrogens with one attached hydrogen (secondary N) is 1. The Kier molecular flexibility index (Phi) is 6.79. The van der Waals surface area contributed by atoms with Crippen molar-refractivity contribution in [1.29, 1.82) is 0 Å². The molecule has 0 bridgehead atoms. The van der Waals surface area contributed by atoms with E-state index in [1.54, 1.807) is 6.21 Å². The number of anilines is 1. The van der Waals surface area contributed by atoms with Crippen LogP contribution >= 0.6 is 0 Å². The van der Waals surface area contributed by atoms with E-state index in [0.29, 0.717) is 12.4 Å². The van der Waals surface area contributed by atoms with Crippen molar-refractivity contribution < 1.29 is 14.4 Å². The SMILES string of the molecule is Cc1ccc(COc2ccccc2/C=N/OCC(=O)Nc2ccccc2)cc1. The van der Waals surface area contributed by atoms with Crippen LogP contribution in [0.15, 0.2) is 84.0 Å². The number of hydrogen-bond acceptors (Lipinski definition) is 4. The predicted molar refractivity (Wildman–Crippen MR) is 111 cm³/mol. The first-order chi connectivity index (χ1) is 13.7. The molecule has 0 aliphatic heterocycles. The van der Waals surface area contributed by atoms with Gasteiger partial charge in [-0.3, -0.25) is 4.79 Å². The van der Waals surface area contributed by atoms with Gasteiger partial charge in [0.15, 0.2) is 6.61 Å². The summed E-state index contributed by atoms with van der Waals surface area (Å²) in [6, 6.07) is 24.9. The van der Waals surface area contributed by atoms with Crippen molar-refractivity contribution in [3.8, 4) is 5.75 Å². The zero-order valence-electron chi connectivity index (χ0n) is 15.7. The van der Waals surface area contributed by atoms with E-state index in [-0.39, 0.29) is 12.5 Å². The number of benzene rings is 3. The highest BCUT2D eigenvalue weighted by atomic mass is 16.6. The van der Waals surface area contributed by atoms with Crippen molar-refractivity contribution in [1.82, 2.24) is 0 Å². The van der Waals surface area contributed by atoms with Gasteiger partial charge in [-0.1, -0.05) is 65.3 Å². The number of ether oxygens (including phenoxy) is 1. The third-order valence-corrected chi connectivity index (χ3v) is 3.95. The van der Waals surface area contributed by atoms with E-state index in [9.17, 15) is 4.79 Å². The van der Waals surface area contributed by atoms with Crippen LogP contribution < -0.4 is 10.1 Å². The molecule has 28 heavy (non-hydrogen) atoms. The molecule has 0 atom stereocenters. The molecule has 5 nitrogen and oxygen atoms in total. The highest BCUT2D eigenvalue weighted by Gasteiger charge is 2.04. The second kappa shape index (κ2) is 9.92. The smallest absolute Gasteiger partial charge is 0.265 e. The number of rotatable bonds is 8. The van der Waals surface area contributed by atoms with Crippen molar-refractivity contribution in [3.63, 3.8) is 0 Å². The fraction of sp³-hybridized carbons (Fsp3) is 0.130. The van der Waals surface area contributed by atoms with Crippen LogP contribution in [0.3, 0.4) is 0 Å². The lowest BCUT2D eigenvalue weighted by molar-refractivity contribution is -0.120. The molecule has 0 unspecified atom stereocenters. The van der Waals surface area contributed by atoms with Gasteiger partial charge in [0.1, 0.15) is 12.4 Å². The number of hydrogen-bond donors (Lipinski definition) is 1. The lowest BCUT2D eigenvalue weighted by atomic mass is 10.1. The van der Waals surface area contributed by atoms with Gasteiger partial charge in [-0.15, -0.1) is 0 Å². The second-order valence-corrected chi connectivity index (χ2v) is 6.23. The van der Waals surface area contributed by atoms with Crippen molar-refractivity contribution in [2.75, 3.05) is 11.9 Å². The first-order valence-corrected chi connectivity index (χ1v) is 8.98. The Bertz CT molecular complexity index is 922. The summed E-state index contributed by atoms with van der Waals surface area (Å²) >= 11 is 0. The topological polar surface area (TPSA) is 59.9 Å². The molecular weight excluding hydrogens is 352 g/mol. The monoisotopic (exact) mass is 374 g/mol. The van der Waals surface area contributed by atoms with E-state index in [0.717, 1.165) is 16.8 Å². The van der Waals surface area contributed by atoms with Crippen LogP contribution in [0, 0.1) is 6.92 Å². The Morgan fingerprint density at radius 1 is 0.964 bits per heavy atom. The van der Waals surface area contributed by atoms with Gasteiger partial charge in [0, 0.05) is 11.3 Å². The van der Waals surface area contributed by atoms with Gasteiger partial charge in [0.05, 0.1) is 6.21 Å². The molecule has 0 radical (unpaired) electrons. The quantitative estimate of drug-likeness (QED) is 0.464. The summed E-state index contributed by atoms with van der Waals surface area (Å²) in [7, 11) is 0. The Morgan fingerprint density at radius 3 is 2.46 bits per heavy atom. The minimum absolute atomic E-state index is 0.169. The molecule has 0 aliphatic rings. The predicted octanol–water partition coefficient (Wildman–Crippen LogP) is 4.56. The van der Waals surface area contributed by atoms with Crippen LogP contribution in [0.2, 0.25) is 0 Å². The van der Waals surface area contributed by atoms with E-state index in [2.05, 4.69) is 29.5 Å². The van der Waals surface area contributed by atoms with Gasteiger partial charge in [0.2, 0.25) is 0 Å². The van der Waals surface area contributed by atoms with Gasteiger partial charge in [-0.2, -0.15) is 0 Å². The maximum absolute atomic E-state index is 11.8. The van der Waals surface area contributed by atoms with Crippen LogP contribution in [0.1, 0.15) is 16.7 Å². The standard InChI is InChI=1S/C23H22N2O3/c1-18-11-13-19(14-12-18)16-27-22-10-6-5-7-20(22)15-24-28-17-23(26)25-21-8-3-2-4-9-21/h2-15H,16-17H2,1H3,(H,25,26)/b24-15+. The van der Waals surface area contributed by atoms with E-state index in [1.165, 1.54) is 5.56 Å². The van der Waals surface area contributed by atoms with Gasteiger partial charge in [-0.05, 0) is 36.8 Å². The molecule has 0 heterocycles. The van der Waals surface area contributed by atoms with Crippen LogP contribution in [0.5, 0.6) is 5.75 Å². The first kappa shape index (κ1) is 19.2. The average molecular weight is 374 g/mol. The maximum atomic E-state index is 11.8. The number of amides is 1. The Hall–Kier alpha value is -3.60. The van der Waals surface area contributed by atoms with Crippen LogP contribution in [-0.2, 0) is 16.2 Å². The molecule has 5 heteroatoms. The molecule has 0 saturated carbocycles. The normalized spacial score (nSPS) is 10.6. The molecule has 0 aliphatic carbocycles. The molecule has 1 amide bonds. The summed E-state index contributed by atoms with van der Waals surface area (Å²) in [6.45, 7) is 2.35. The van der Waals surface area contributed by atoms with E-state index >= 15 is 0 Å².